The molecule has 0 fully saturated rings. The van der Waals surface area contributed by atoms with Crippen LogP contribution in [0.4, 0.5) is 5.95 Å². The number of methoxy groups -OCH3 is 1. The van der Waals surface area contributed by atoms with Gasteiger partial charge in [-0.05, 0) is 22.9 Å². The predicted molar refractivity (Wildman–Crippen MR) is 85.5 cm³/mol. The summed E-state index contributed by atoms with van der Waals surface area (Å²) in [5, 5.41) is 6.88. The van der Waals surface area contributed by atoms with E-state index in [-0.39, 0.29) is 5.78 Å². The lowest BCUT2D eigenvalue weighted by Gasteiger charge is -2.06. The monoisotopic (exact) mass is 319 g/mol. The van der Waals surface area contributed by atoms with E-state index in [4.69, 9.17) is 4.74 Å². The molecule has 108 valence electrons. The molecular weight excluding hydrogens is 306 g/mol. The van der Waals surface area contributed by atoms with Gasteiger partial charge in [0.2, 0.25) is 11.7 Å². The normalized spacial score (nSPS) is 10.9. The molecule has 0 aromatic carbocycles. The van der Waals surface area contributed by atoms with Crippen LogP contribution in [0, 0.1) is 0 Å². The van der Waals surface area contributed by atoms with E-state index in [2.05, 4.69) is 15.3 Å². The van der Waals surface area contributed by atoms with Gasteiger partial charge < -0.3 is 10.1 Å². The number of hydrogen-bond donors (Lipinski definition) is 1. The number of nitrogens with one attached hydrogen (secondary N) is 1. The molecule has 0 saturated heterocycles. The van der Waals surface area contributed by atoms with E-state index in [0.29, 0.717) is 29.7 Å². The largest absolute Gasteiger partial charge is 0.383 e. The third kappa shape index (κ3) is 2.94. The molecule has 0 atom stereocenters. The molecule has 3 rings (SSSR count). The summed E-state index contributed by atoms with van der Waals surface area (Å²) >= 11 is 2.90. The second-order valence-electron chi connectivity index (χ2n) is 4.26. The smallest absolute Gasteiger partial charge is 0.224 e. The van der Waals surface area contributed by atoms with E-state index >= 15 is 0 Å². The Kier molecular flexibility index (Phi) is 4.23. The van der Waals surface area contributed by atoms with Crippen molar-refractivity contribution in [3.63, 3.8) is 0 Å². The standard InChI is InChI=1S/C14H13N3O2S2/c1-19-6-5-15-14-16-9-4-8-21-13(9)11(17-14)12(18)10-3-2-7-20-10/h2-4,7-8H,5-6H2,1H3,(H,15,16,17). The number of ketones is 1. The molecule has 0 unspecified atom stereocenters. The molecule has 5 nitrogen and oxygen atoms in total. The van der Waals surface area contributed by atoms with Gasteiger partial charge in [-0.25, -0.2) is 9.97 Å². The quantitative estimate of drug-likeness (QED) is 0.559. The third-order valence-electron chi connectivity index (χ3n) is 2.85. The molecule has 0 aliphatic carbocycles. The van der Waals surface area contributed by atoms with E-state index in [1.165, 1.54) is 22.7 Å². The van der Waals surface area contributed by atoms with Gasteiger partial charge in [-0.3, -0.25) is 4.79 Å². The van der Waals surface area contributed by atoms with Crippen molar-refractivity contribution in [1.82, 2.24) is 9.97 Å². The summed E-state index contributed by atoms with van der Waals surface area (Å²) in [7, 11) is 1.64. The van der Waals surface area contributed by atoms with Crippen LogP contribution in [0.1, 0.15) is 15.4 Å². The summed E-state index contributed by atoms with van der Waals surface area (Å²) in [6, 6.07) is 5.57. The van der Waals surface area contributed by atoms with Crippen LogP contribution in [-0.2, 0) is 4.74 Å². The number of carbonyl (C=O) groups is 1. The molecule has 0 bridgehead atoms. The first-order valence-electron chi connectivity index (χ1n) is 6.36. The first kappa shape index (κ1) is 14.1. The molecule has 3 heterocycles. The van der Waals surface area contributed by atoms with Crippen LogP contribution in [0.5, 0.6) is 0 Å². The highest BCUT2D eigenvalue weighted by molar-refractivity contribution is 7.17. The van der Waals surface area contributed by atoms with Gasteiger partial charge in [0.25, 0.3) is 0 Å². The Morgan fingerprint density at radius 3 is 2.95 bits per heavy atom. The molecule has 0 saturated carbocycles. The van der Waals surface area contributed by atoms with E-state index in [9.17, 15) is 4.79 Å². The predicted octanol–water partition coefficient (Wildman–Crippen LogP) is 3.04. The van der Waals surface area contributed by atoms with E-state index in [0.717, 1.165) is 10.2 Å². The lowest BCUT2D eigenvalue weighted by atomic mass is 10.2. The highest BCUT2D eigenvalue weighted by Crippen LogP contribution is 2.26. The SMILES string of the molecule is COCCNc1nc(C(=O)c2cccs2)c2sccc2n1. The van der Waals surface area contributed by atoms with Crippen molar-refractivity contribution in [2.45, 2.75) is 0 Å². The number of aromatic nitrogens is 2. The summed E-state index contributed by atoms with van der Waals surface area (Å²) in [5.41, 5.74) is 1.24. The van der Waals surface area contributed by atoms with Crippen LogP contribution < -0.4 is 5.32 Å². The highest BCUT2D eigenvalue weighted by Gasteiger charge is 2.18. The lowest BCUT2D eigenvalue weighted by molar-refractivity contribution is 0.104. The summed E-state index contributed by atoms with van der Waals surface area (Å²) in [6.45, 7) is 1.15. The van der Waals surface area contributed by atoms with Crippen LogP contribution in [0.3, 0.4) is 0 Å². The minimum absolute atomic E-state index is 0.0605. The first-order valence-corrected chi connectivity index (χ1v) is 8.12. The van der Waals surface area contributed by atoms with Gasteiger partial charge >= 0.3 is 0 Å². The minimum atomic E-state index is -0.0605. The van der Waals surface area contributed by atoms with Crippen molar-refractivity contribution >= 4 is 44.6 Å². The molecule has 1 N–H and O–H groups in total. The molecule has 0 radical (unpaired) electrons. The van der Waals surface area contributed by atoms with E-state index in [1.54, 1.807) is 7.11 Å². The van der Waals surface area contributed by atoms with Crippen molar-refractivity contribution in [2.24, 2.45) is 0 Å². The number of anilines is 1. The number of ether oxygens (including phenoxy) is 1. The van der Waals surface area contributed by atoms with Gasteiger partial charge in [-0.1, -0.05) is 6.07 Å². The summed E-state index contributed by atoms with van der Waals surface area (Å²) < 4.78 is 5.82. The van der Waals surface area contributed by atoms with Gasteiger partial charge in [-0.2, -0.15) is 0 Å². The fourth-order valence-corrected chi connectivity index (χ4v) is 3.37. The van der Waals surface area contributed by atoms with Crippen molar-refractivity contribution in [2.75, 3.05) is 25.6 Å². The van der Waals surface area contributed by atoms with Gasteiger partial charge in [0.15, 0.2) is 0 Å². The summed E-state index contributed by atoms with van der Waals surface area (Å²) in [6.07, 6.45) is 0. The average molecular weight is 319 g/mol. The number of carbonyl (C=O) groups excluding carboxylic acids is 1. The van der Waals surface area contributed by atoms with Gasteiger partial charge in [-0.15, -0.1) is 22.7 Å². The second-order valence-corrected chi connectivity index (χ2v) is 6.12. The fourth-order valence-electron chi connectivity index (χ4n) is 1.89. The molecule has 21 heavy (non-hydrogen) atoms. The zero-order valence-electron chi connectivity index (χ0n) is 11.3. The number of fused-ring (bicyclic) bond motifs is 1. The number of hydrogen-bond acceptors (Lipinski definition) is 7. The highest BCUT2D eigenvalue weighted by atomic mass is 32.1. The van der Waals surface area contributed by atoms with Crippen molar-refractivity contribution in [1.29, 1.82) is 0 Å². The van der Waals surface area contributed by atoms with Crippen LogP contribution in [-0.4, -0.2) is 36.0 Å². The molecule has 0 aliphatic rings. The molecule has 0 amide bonds. The Morgan fingerprint density at radius 2 is 2.19 bits per heavy atom. The maximum atomic E-state index is 12.6. The zero-order valence-corrected chi connectivity index (χ0v) is 13.0. The Labute approximate surface area is 129 Å². The summed E-state index contributed by atoms with van der Waals surface area (Å²) in [5.74, 6) is 0.396. The number of nitrogens with zero attached hydrogens (tertiary/aromatic N) is 2. The van der Waals surface area contributed by atoms with E-state index in [1.807, 2.05) is 29.0 Å². The van der Waals surface area contributed by atoms with Gasteiger partial charge in [0, 0.05) is 13.7 Å². The second kappa shape index (κ2) is 6.30. The average Bonchev–Trinajstić information content (AvgIpc) is 3.17. The zero-order chi connectivity index (χ0) is 14.7. The van der Waals surface area contributed by atoms with Crippen LogP contribution >= 0.6 is 22.7 Å². The Morgan fingerprint density at radius 1 is 1.29 bits per heavy atom. The van der Waals surface area contributed by atoms with Crippen molar-refractivity contribution in [3.8, 4) is 0 Å². The van der Waals surface area contributed by atoms with Gasteiger partial charge in [0.05, 0.1) is 21.7 Å². The Hall–Kier alpha value is -1.83. The number of thiophene rings is 2. The molecule has 0 aliphatic heterocycles. The van der Waals surface area contributed by atoms with Crippen LogP contribution in [0.2, 0.25) is 0 Å². The topological polar surface area (TPSA) is 64.1 Å². The maximum Gasteiger partial charge on any atom is 0.224 e. The molecule has 7 heteroatoms. The lowest BCUT2D eigenvalue weighted by Crippen LogP contribution is -2.12. The Bertz CT molecular complexity index is 753. The fraction of sp³-hybridized carbons (Fsp3) is 0.214. The molecule has 3 aromatic rings. The van der Waals surface area contributed by atoms with E-state index < -0.39 is 0 Å². The van der Waals surface area contributed by atoms with Gasteiger partial charge in [0.1, 0.15) is 5.69 Å². The summed E-state index contributed by atoms with van der Waals surface area (Å²) in [4.78, 5) is 22.1. The first-order chi connectivity index (χ1) is 10.3. The van der Waals surface area contributed by atoms with Crippen LogP contribution in [0.25, 0.3) is 10.2 Å². The van der Waals surface area contributed by atoms with Crippen molar-refractivity contribution in [3.05, 3.63) is 39.5 Å². The molecular formula is C14H13N3O2S2. The minimum Gasteiger partial charge on any atom is -0.383 e. The maximum absolute atomic E-state index is 12.6. The molecule has 0 spiro atoms. The third-order valence-corrected chi connectivity index (χ3v) is 4.63. The van der Waals surface area contributed by atoms with Crippen molar-refractivity contribution < 1.29 is 9.53 Å². The van der Waals surface area contributed by atoms with Crippen LogP contribution in [0.15, 0.2) is 29.0 Å². The Balaban J connectivity index is 1.99. The number of rotatable bonds is 6. The molecule has 3 aromatic heterocycles.